The van der Waals surface area contributed by atoms with Crippen LogP contribution >= 0.6 is 0 Å². The fourth-order valence-corrected chi connectivity index (χ4v) is 5.62. The highest BCUT2D eigenvalue weighted by Gasteiger charge is 2.32. The Labute approximate surface area is 175 Å². The highest BCUT2D eigenvalue weighted by atomic mass is 32.2. The molecule has 0 radical (unpaired) electrons. The van der Waals surface area contributed by atoms with Crippen molar-refractivity contribution in [2.45, 2.75) is 69.6 Å². The lowest BCUT2D eigenvalue weighted by Gasteiger charge is -2.30. The van der Waals surface area contributed by atoms with Gasteiger partial charge in [0.25, 0.3) is 0 Å². The first-order valence-corrected chi connectivity index (χ1v) is 12.4. The molecule has 5 nitrogen and oxygen atoms in total. The van der Waals surface area contributed by atoms with Gasteiger partial charge in [-0.3, -0.25) is 4.79 Å². The molecule has 1 saturated heterocycles. The number of allylic oxidation sites excluding steroid dienone is 1. The molecule has 0 atom stereocenters. The normalized spacial score (nSPS) is 19.2. The van der Waals surface area contributed by atoms with Crippen molar-refractivity contribution < 1.29 is 13.2 Å². The number of carbonyl (C=O) groups is 1. The van der Waals surface area contributed by atoms with Crippen LogP contribution in [-0.4, -0.2) is 38.3 Å². The number of piperidine rings is 1. The van der Waals surface area contributed by atoms with Gasteiger partial charge in [-0.15, -0.1) is 0 Å². The zero-order chi connectivity index (χ0) is 20.9. The Morgan fingerprint density at radius 2 is 1.83 bits per heavy atom. The Morgan fingerprint density at radius 1 is 1.14 bits per heavy atom. The standard InChI is InChI=1S/C23H34N2O3S/c1-18(2)20-8-10-22(11-9-20)29(27,28)25-16-13-21(14-17-25)23(26)24-15-12-19-6-4-3-5-7-19/h6,8-11,18,21H,3-5,7,12-17H2,1-2H3,(H,24,26). The minimum Gasteiger partial charge on any atom is -0.356 e. The number of hydrogen-bond acceptors (Lipinski definition) is 3. The molecule has 0 spiro atoms. The Balaban J connectivity index is 1.48. The molecule has 1 aliphatic heterocycles. The number of amides is 1. The van der Waals surface area contributed by atoms with Crippen molar-refractivity contribution in [2.75, 3.05) is 19.6 Å². The van der Waals surface area contributed by atoms with Crippen LogP contribution in [-0.2, 0) is 14.8 Å². The first-order valence-electron chi connectivity index (χ1n) is 10.9. The number of carbonyl (C=O) groups excluding carboxylic acids is 1. The summed E-state index contributed by atoms with van der Waals surface area (Å²) in [5, 5.41) is 3.05. The van der Waals surface area contributed by atoms with Crippen LogP contribution in [0, 0.1) is 5.92 Å². The van der Waals surface area contributed by atoms with Crippen molar-refractivity contribution in [3.63, 3.8) is 0 Å². The van der Waals surface area contributed by atoms with Gasteiger partial charge in [-0.05, 0) is 68.6 Å². The molecule has 0 bridgehead atoms. The molecule has 0 aromatic heterocycles. The Bertz CT molecular complexity index is 820. The molecule has 1 amide bonds. The largest absolute Gasteiger partial charge is 0.356 e. The summed E-state index contributed by atoms with van der Waals surface area (Å²) in [6.07, 6.45) is 9.26. The van der Waals surface area contributed by atoms with Crippen molar-refractivity contribution in [2.24, 2.45) is 5.92 Å². The molecule has 6 heteroatoms. The fraction of sp³-hybridized carbons (Fsp3) is 0.609. The molecule has 29 heavy (non-hydrogen) atoms. The third kappa shape index (κ3) is 5.70. The fourth-order valence-electron chi connectivity index (χ4n) is 4.15. The molecule has 0 unspecified atom stereocenters. The maximum atomic E-state index is 12.9. The second-order valence-corrected chi connectivity index (χ2v) is 10.5. The average molecular weight is 419 g/mol. The zero-order valence-electron chi connectivity index (χ0n) is 17.7. The third-order valence-electron chi connectivity index (χ3n) is 6.14. The van der Waals surface area contributed by atoms with Gasteiger partial charge in [-0.2, -0.15) is 4.31 Å². The second kappa shape index (κ2) is 9.90. The Hall–Kier alpha value is -1.66. The predicted molar refractivity (Wildman–Crippen MR) is 116 cm³/mol. The van der Waals surface area contributed by atoms with Crippen LogP contribution in [0.4, 0.5) is 0 Å². The van der Waals surface area contributed by atoms with Gasteiger partial charge in [0.15, 0.2) is 0 Å². The van der Waals surface area contributed by atoms with Crippen LogP contribution in [0.25, 0.3) is 0 Å². The number of nitrogens with one attached hydrogen (secondary N) is 1. The maximum Gasteiger partial charge on any atom is 0.243 e. The van der Waals surface area contributed by atoms with Crippen molar-refractivity contribution in [3.8, 4) is 0 Å². The van der Waals surface area contributed by atoms with Gasteiger partial charge < -0.3 is 5.32 Å². The van der Waals surface area contributed by atoms with Crippen LogP contribution in [0.2, 0.25) is 0 Å². The van der Waals surface area contributed by atoms with E-state index < -0.39 is 10.0 Å². The summed E-state index contributed by atoms with van der Waals surface area (Å²) < 4.78 is 27.3. The monoisotopic (exact) mass is 418 g/mol. The summed E-state index contributed by atoms with van der Waals surface area (Å²) in [4.78, 5) is 12.8. The van der Waals surface area contributed by atoms with E-state index in [1.165, 1.54) is 22.7 Å². The SMILES string of the molecule is CC(C)c1ccc(S(=O)(=O)N2CCC(C(=O)NCCC3=CCCCC3)CC2)cc1. The first-order chi connectivity index (χ1) is 13.9. The van der Waals surface area contributed by atoms with Crippen LogP contribution in [0.5, 0.6) is 0 Å². The van der Waals surface area contributed by atoms with E-state index in [1.54, 1.807) is 12.1 Å². The number of rotatable bonds is 7. The van der Waals surface area contributed by atoms with E-state index in [0.717, 1.165) is 24.8 Å². The van der Waals surface area contributed by atoms with Crippen molar-refractivity contribution >= 4 is 15.9 Å². The Kier molecular flexibility index (Phi) is 7.52. The van der Waals surface area contributed by atoms with E-state index in [0.29, 0.717) is 43.3 Å². The van der Waals surface area contributed by atoms with E-state index in [-0.39, 0.29) is 11.8 Å². The highest BCUT2D eigenvalue weighted by Crippen LogP contribution is 2.25. The topological polar surface area (TPSA) is 66.5 Å². The highest BCUT2D eigenvalue weighted by molar-refractivity contribution is 7.89. The molecular weight excluding hydrogens is 384 g/mol. The lowest BCUT2D eigenvalue weighted by molar-refractivity contribution is -0.126. The molecule has 1 aliphatic carbocycles. The smallest absolute Gasteiger partial charge is 0.243 e. The summed E-state index contributed by atoms with van der Waals surface area (Å²) >= 11 is 0. The average Bonchev–Trinajstić information content (AvgIpc) is 2.74. The lowest BCUT2D eigenvalue weighted by atomic mass is 9.96. The minimum atomic E-state index is -3.49. The molecule has 2 aliphatic rings. The Morgan fingerprint density at radius 3 is 2.41 bits per heavy atom. The molecule has 0 saturated carbocycles. The first kappa shape index (κ1) is 22.0. The third-order valence-corrected chi connectivity index (χ3v) is 8.05. The van der Waals surface area contributed by atoms with Gasteiger partial charge in [-0.1, -0.05) is 37.6 Å². The van der Waals surface area contributed by atoms with Gasteiger partial charge in [-0.25, -0.2) is 8.42 Å². The van der Waals surface area contributed by atoms with Crippen LogP contribution in [0.1, 0.15) is 70.3 Å². The second-order valence-electron chi connectivity index (χ2n) is 8.55. The molecule has 1 aromatic rings. The van der Waals surface area contributed by atoms with E-state index in [9.17, 15) is 13.2 Å². The van der Waals surface area contributed by atoms with Crippen molar-refractivity contribution in [3.05, 3.63) is 41.5 Å². The number of nitrogens with zero attached hydrogens (tertiary/aromatic N) is 1. The molecule has 1 heterocycles. The lowest BCUT2D eigenvalue weighted by Crippen LogP contribution is -2.43. The van der Waals surface area contributed by atoms with E-state index >= 15 is 0 Å². The number of hydrogen-bond donors (Lipinski definition) is 1. The minimum absolute atomic E-state index is 0.0692. The van der Waals surface area contributed by atoms with Gasteiger partial charge in [0.05, 0.1) is 4.90 Å². The quantitative estimate of drug-likeness (QED) is 0.674. The maximum absolute atomic E-state index is 12.9. The van der Waals surface area contributed by atoms with Crippen LogP contribution < -0.4 is 5.32 Å². The van der Waals surface area contributed by atoms with Gasteiger partial charge in [0.2, 0.25) is 15.9 Å². The van der Waals surface area contributed by atoms with Gasteiger partial charge in [0.1, 0.15) is 0 Å². The van der Waals surface area contributed by atoms with Gasteiger partial charge >= 0.3 is 0 Å². The summed E-state index contributed by atoms with van der Waals surface area (Å²) in [5.41, 5.74) is 2.59. The van der Waals surface area contributed by atoms with Crippen molar-refractivity contribution in [1.29, 1.82) is 0 Å². The number of sulfonamides is 1. The number of benzene rings is 1. The molecule has 1 N–H and O–H groups in total. The van der Waals surface area contributed by atoms with Crippen molar-refractivity contribution in [1.82, 2.24) is 9.62 Å². The molecular formula is C23H34N2O3S. The van der Waals surface area contributed by atoms with Crippen LogP contribution in [0.3, 0.4) is 0 Å². The van der Waals surface area contributed by atoms with Gasteiger partial charge in [0, 0.05) is 25.6 Å². The zero-order valence-corrected chi connectivity index (χ0v) is 18.5. The molecule has 160 valence electrons. The summed E-state index contributed by atoms with van der Waals surface area (Å²) in [7, 11) is -3.49. The molecule has 3 rings (SSSR count). The molecule has 1 fully saturated rings. The molecule has 1 aromatic carbocycles. The van der Waals surface area contributed by atoms with E-state index in [4.69, 9.17) is 0 Å². The van der Waals surface area contributed by atoms with E-state index in [1.807, 2.05) is 12.1 Å². The predicted octanol–water partition coefficient (Wildman–Crippen LogP) is 4.22. The summed E-state index contributed by atoms with van der Waals surface area (Å²) in [6, 6.07) is 7.17. The summed E-state index contributed by atoms with van der Waals surface area (Å²) in [5.74, 6) is 0.347. The summed E-state index contributed by atoms with van der Waals surface area (Å²) in [6.45, 7) is 5.66. The van der Waals surface area contributed by atoms with Crippen LogP contribution in [0.15, 0.2) is 40.8 Å². The van der Waals surface area contributed by atoms with E-state index in [2.05, 4.69) is 25.2 Å².